The Bertz CT molecular complexity index is 1270. The van der Waals surface area contributed by atoms with Gasteiger partial charge in [-0.25, -0.2) is 4.79 Å². The summed E-state index contributed by atoms with van der Waals surface area (Å²) in [5, 5.41) is 5.60. The van der Waals surface area contributed by atoms with Gasteiger partial charge in [-0.3, -0.25) is 19.3 Å². The average molecular weight is 522 g/mol. The van der Waals surface area contributed by atoms with Gasteiger partial charge < -0.3 is 15.4 Å². The highest BCUT2D eigenvalue weighted by atomic mass is 35.5. The standard InChI is InChI=1S/C28H28ClN3O5/c1-28(2,3)37-25(34)18-32(24(33)17-30-27(36)31-21-15-13-20(29)14-16-21)23-12-8-7-11-22(23)26(35)19-9-5-4-6-10-19/h4-16H,17-18H2,1-3H3,(H2,30,31,36). The summed E-state index contributed by atoms with van der Waals surface area (Å²) in [7, 11) is 0. The molecule has 0 bridgehead atoms. The van der Waals surface area contributed by atoms with Gasteiger partial charge in [0.05, 0.1) is 12.2 Å². The minimum absolute atomic E-state index is 0.229. The Labute approximate surface area is 220 Å². The van der Waals surface area contributed by atoms with E-state index in [1.54, 1.807) is 99.6 Å². The molecule has 0 heterocycles. The summed E-state index contributed by atoms with van der Waals surface area (Å²) in [6.45, 7) is 4.26. The van der Waals surface area contributed by atoms with Crippen LogP contribution in [0, 0.1) is 0 Å². The van der Waals surface area contributed by atoms with Crippen molar-refractivity contribution in [3.63, 3.8) is 0 Å². The molecule has 37 heavy (non-hydrogen) atoms. The summed E-state index contributed by atoms with van der Waals surface area (Å²) >= 11 is 5.86. The zero-order chi connectivity index (χ0) is 27.0. The lowest BCUT2D eigenvalue weighted by molar-refractivity contribution is -0.153. The molecule has 0 spiro atoms. The minimum Gasteiger partial charge on any atom is -0.459 e. The Morgan fingerprint density at radius 1 is 0.865 bits per heavy atom. The number of nitrogens with zero attached hydrogens (tertiary/aromatic N) is 1. The molecule has 0 saturated heterocycles. The van der Waals surface area contributed by atoms with Crippen molar-refractivity contribution in [1.82, 2.24) is 5.32 Å². The van der Waals surface area contributed by atoms with E-state index in [1.165, 1.54) is 0 Å². The molecule has 3 aromatic carbocycles. The molecule has 0 atom stereocenters. The predicted octanol–water partition coefficient (Wildman–Crippen LogP) is 5.07. The summed E-state index contributed by atoms with van der Waals surface area (Å²) in [6, 6.07) is 20.9. The Morgan fingerprint density at radius 3 is 2.14 bits per heavy atom. The van der Waals surface area contributed by atoms with Crippen molar-refractivity contribution < 1.29 is 23.9 Å². The number of urea groups is 1. The van der Waals surface area contributed by atoms with Crippen molar-refractivity contribution >= 4 is 46.7 Å². The number of esters is 1. The number of rotatable bonds is 8. The normalized spacial score (nSPS) is 10.8. The van der Waals surface area contributed by atoms with Gasteiger partial charge in [-0.05, 0) is 57.2 Å². The number of carbonyl (C=O) groups is 4. The van der Waals surface area contributed by atoms with Gasteiger partial charge in [0.1, 0.15) is 12.1 Å². The molecule has 192 valence electrons. The minimum atomic E-state index is -0.776. The first-order chi connectivity index (χ1) is 17.5. The van der Waals surface area contributed by atoms with Gasteiger partial charge in [0.25, 0.3) is 0 Å². The van der Waals surface area contributed by atoms with Crippen LogP contribution in [0.3, 0.4) is 0 Å². The van der Waals surface area contributed by atoms with Gasteiger partial charge in [-0.2, -0.15) is 0 Å². The third-order valence-corrected chi connectivity index (χ3v) is 5.24. The quantitative estimate of drug-likeness (QED) is 0.318. The Hall–Kier alpha value is -4.17. The number of para-hydroxylation sites is 1. The molecule has 0 aliphatic rings. The van der Waals surface area contributed by atoms with Crippen LogP contribution in [0.5, 0.6) is 0 Å². The monoisotopic (exact) mass is 521 g/mol. The molecule has 0 fully saturated rings. The predicted molar refractivity (Wildman–Crippen MR) is 143 cm³/mol. The molecule has 0 aliphatic heterocycles. The van der Waals surface area contributed by atoms with Crippen molar-refractivity contribution in [2.45, 2.75) is 26.4 Å². The van der Waals surface area contributed by atoms with Gasteiger partial charge in [0.15, 0.2) is 5.78 Å². The molecular weight excluding hydrogens is 494 g/mol. The molecule has 2 N–H and O–H groups in total. The number of ketones is 1. The molecule has 0 aliphatic carbocycles. The number of ether oxygens (including phenoxy) is 1. The number of halogens is 1. The zero-order valence-electron chi connectivity index (χ0n) is 20.8. The summed E-state index contributed by atoms with van der Waals surface area (Å²) in [5.41, 5.74) is 0.601. The van der Waals surface area contributed by atoms with E-state index in [-0.39, 0.29) is 17.0 Å². The second kappa shape index (κ2) is 12.2. The van der Waals surface area contributed by atoms with Crippen LogP contribution in [0.1, 0.15) is 36.7 Å². The summed E-state index contributed by atoms with van der Waals surface area (Å²) in [5.74, 6) is -1.58. The summed E-state index contributed by atoms with van der Waals surface area (Å²) in [4.78, 5) is 52.8. The molecule has 8 nitrogen and oxygen atoms in total. The molecule has 3 rings (SSSR count). The van der Waals surface area contributed by atoms with Crippen molar-refractivity contribution in [3.05, 3.63) is 95.0 Å². The SMILES string of the molecule is CC(C)(C)OC(=O)CN(C(=O)CNC(=O)Nc1ccc(Cl)cc1)c1ccccc1C(=O)c1ccccc1. The van der Waals surface area contributed by atoms with E-state index in [4.69, 9.17) is 16.3 Å². The van der Waals surface area contributed by atoms with E-state index in [9.17, 15) is 19.2 Å². The van der Waals surface area contributed by atoms with E-state index < -0.39 is 36.6 Å². The molecule has 0 aromatic heterocycles. The Balaban J connectivity index is 1.84. The number of hydrogen-bond donors (Lipinski definition) is 2. The molecule has 3 amide bonds. The number of hydrogen-bond acceptors (Lipinski definition) is 5. The van der Waals surface area contributed by atoms with E-state index >= 15 is 0 Å². The number of carbonyl (C=O) groups excluding carboxylic acids is 4. The Kier molecular flexibility index (Phi) is 9.03. The highest BCUT2D eigenvalue weighted by Gasteiger charge is 2.27. The first-order valence-electron chi connectivity index (χ1n) is 11.5. The van der Waals surface area contributed by atoms with Crippen molar-refractivity contribution in [3.8, 4) is 0 Å². The topological polar surface area (TPSA) is 105 Å². The van der Waals surface area contributed by atoms with Crippen LogP contribution in [0.2, 0.25) is 5.02 Å². The van der Waals surface area contributed by atoms with E-state index in [1.807, 2.05) is 0 Å². The maximum atomic E-state index is 13.3. The van der Waals surface area contributed by atoms with Gasteiger partial charge in [-0.15, -0.1) is 0 Å². The highest BCUT2D eigenvalue weighted by Crippen LogP contribution is 2.24. The molecule has 0 unspecified atom stereocenters. The highest BCUT2D eigenvalue weighted by molar-refractivity contribution is 6.30. The van der Waals surface area contributed by atoms with Crippen LogP contribution < -0.4 is 15.5 Å². The fraction of sp³-hybridized carbons (Fsp3) is 0.214. The second-order valence-electron chi connectivity index (χ2n) is 9.09. The summed E-state index contributed by atoms with van der Waals surface area (Å²) < 4.78 is 5.41. The van der Waals surface area contributed by atoms with Crippen LogP contribution >= 0.6 is 11.6 Å². The number of amides is 3. The van der Waals surface area contributed by atoms with Crippen LogP contribution in [0.4, 0.5) is 16.2 Å². The number of benzene rings is 3. The van der Waals surface area contributed by atoms with E-state index in [0.717, 1.165) is 4.90 Å². The lowest BCUT2D eigenvalue weighted by Crippen LogP contribution is -2.45. The average Bonchev–Trinajstić information content (AvgIpc) is 2.86. The van der Waals surface area contributed by atoms with Crippen molar-refractivity contribution in [1.29, 1.82) is 0 Å². The van der Waals surface area contributed by atoms with Crippen molar-refractivity contribution in [2.24, 2.45) is 0 Å². The van der Waals surface area contributed by atoms with Crippen LogP contribution in [-0.4, -0.2) is 42.4 Å². The van der Waals surface area contributed by atoms with E-state index in [2.05, 4.69) is 10.6 Å². The fourth-order valence-electron chi connectivity index (χ4n) is 3.42. The van der Waals surface area contributed by atoms with Crippen LogP contribution in [-0.2, 0) is 14.3 Å². The lowest BCUT2D eigenvalue weighted by atomic mass is 10.0. The fourth-order valence-corrected chi connectivity index (χ4v) is 3.54. The first kappa shape index (κ1) is 27.4. The van der Waals surface area contributed by atoms with Gasteiger partial charge in [-0.1, -0.05) is 54.1 Å². The lowest BCUT2D eigenvalue weighted by Gasteiger charge is -2.27. The number of nitrogens with one attached hydrogen (secondary N) is 2. The Morgan fingerprint density at radius 2 is 1.49 bits per heavy atom. The van der Waals surface area contributed by atoms with Gasteiger partial charge in [0, 0.05) is 21.8 Å². The molecule has 0 saturated carbocycles. The zero-order valence-corrected chi connectivity index (χ0v) is 21.5. The first-order valence-corrected chi connectivity index (χ1v) is 11.9. The maximum Gasteiger partial charge on any atom is 0.326 e. The van der Waals surface area contributed by atoms with Crippen LogP contribution in [0.15, 0.2) is 78.9 Å². The summed E-state index contributed by atoms with van der Waals surface area (Å²) in [6.07, 6.45) is 0. The van der Waals surface area contributed by atoms with E-state index in [0.29, 0.717) is 16.3 Å². The number of anilines is 2. The second-order valence-corrected chi connectivity index (χ2v) is 9.53. The third kappa shape index (κ3) is 8.18. The largest absolute Gasteiger partial charge is 0.459 e. The molecule has 9 heteroatoms. The van der Waals surface area contributed by atoms with Gasteiger partial charge in [0.2, 0.25) is 5.91 Å². The molecule has 0 radical (unpaired) electrons. The van der Waals surface area contributed by atoms with Crippen molar-refractivity contribution in [2.75, 3.05) is 23.3 Å². The smallest absolute Gasteiger partial charge is 0.326 e. The maximum absolute atomic E-state index is 13.3. The molecule has 3 aromatic rings. The van der Waals surface area contributed by atoms with Crippen LogP contribution in [0.25, 0.3) is 0 Å². The third-order valence-electron chi connectivity index (χ3n) is 4.99. The van der Waals surface area contributed by atoms with Gasteiger partial charge >= 0.3 is 12.0 Å². The molecular formula is C28H28ClN3O5.